The Labute approximate surface area is 213 Å². The molecule has 1 aromatic heterocycles. The Hall–Kier alpha value is -3.52. The Balaban J connectivity index is 1.74. The number of likely N-dealkylation sites (N-methyl/N-ethyl adjacent to an activating group) is 1. The van der Waals surface area contributed by atoms with E-state index in [-0.39, 0.29) is 5.91 Å². The molecular formula is C28H36N3O5+. The molecule has 192 valence electrons. The van der Waals surface area contributed by atoms with E-state index in [4.69, 9.17) is 19.0 Å². The average Bonchev–Trinajstić information content (AvgIpc) is 3.48. The van der Waals surface area contributed by atoms with Crippen molar-refractivity contribution in [3.05, 3.63) is 52.7 Å². The first-order chi connectivity index (χ1) is 17.3. The predicted octanol–water partition coefficient (Wildman–Crippen LogP) is 2.94. The van der Waals surface area contributed by atoms with Gasteiger partial charge in [0.2, 0.25) is 17.9 Å². The van der Waals surface area contributed by atoms with Crippen LogP contribution in [0.3, 0.4) is 0 Å². The fourth-order valence-electron chi connectivity index (χ4n) is 5.04. The van der Waals surface area contributed by atoms with Crippen LogP contribution in [-0.2, 0) is 4.79 Å². The lowest BCUT2D eigenvalue weighted by Crippen LogP contribution is -2.42. The van der Waals surface area contributed by atoms with Gasteiger partial charge >= 0.3 is 5.88 Å². The van der Waals surface area contributed by atoms with Gasteiger partial charge in [0, 0.05) is 30.8 Å². The average molecular weight is 495 g/mol. The number of hydrogen-bond donors (Lipinski definition) is 0. The highest BCUT2D eigenvalue weighted by Crippen LogP contribution is 2.45. The first-order valence-corrected chi connectivity index (χ1v) is 12.1. The summed E-state index contributed by atoms with van der Waals surface area (Å²) in [5.74, 6) is 1.96. The summed E-state index contributed by atoms with van der Waals surface area (Å²) in [4.78, 5) is 23.0. The number of allylic oxidation sites excluding steroid dienone is 2. The molecule has 1 aliphatic heterocycles. The van der Waals surface area contributed by atoms with E-state index in [1.807, 2.05) is 29.3 Å². The molecule has 1 fully saturated rings. The molecule has 1 saturated heterocycles. The highest BCUT2D eigenvalue weighted by atomic mass is 16.7. The maximum absolute atomic E-state index is 13.4. The number of nitrogens with zero attached hydrogens (tertiary/aromatic N) is 3. The first kappa shape index (κ1) is 25.6. The third-order valence-corrected chi connectivity index (χ3v) is 7.17. The molecule has 8 nitrogen and oxygen atoms in total. The molecule has 0 spiro atoms. The van der Waals surface area contributed by atoms with Crippen molar-refractivity contribution in [3.8, 4) is 17.4 Å². The summed E-state index contributed by atoms with van der Waals surface area (Å²) >= 11 is 0. The van der Waals surface area contributed by atoms with E-state index in [2.05, 4.69) is 38.1 Å². The van der Waals surface area contributed by atoms with Crippen molar-refractivity contribution in [3.63, 3.8) is 0 Å². The quantitative estimate of drug-likeness (QED) is 0.526. The summed E-state index contributed by atoms with van der Waals surface area (Å²) in [6, 6.07) is 8.36. The molecule has 2 heterocycles. The summed E-state index contributed by atoms with van der Waals surface area (Å²) in [6.07, 6.45) is 5.30. The van der Waals surface area contributed by atoms with Crippen LogP contribution in [0.2, 0.25) is 0 Å². The molecule has 0 radical (unpaired) electrons. The van der Waals surface area contributed by atoms with Crippen molar-refractivity contribution in [1.29, 1.82) is 0 Å². The van der Waals surface area contributed by atoms with Crippen LogP contribution < -0.4 is 23.8 Å². The summed E-state index contributed by atoms with van der Waals surface area (Å²) in [6.45, 7) is 3.65. The van der Waals surface area contributed by atoms with Crippen molar-refractivity contribution in [2.45, 2.75) is 25.8 Å². The van der Waals surface area contributed by atoms with Crippen LogP contribution in [0.5, 0.6) is 17.4 Å². The number of fused-ring (bicyclic) bond motifs is 1. The van der Waals surface area contributed by atoms with E-state index in [0.29, 0.717) is 24.1 Å². The fourth-order valence-corrected chi connectivity index (χ4v) is 5.04. The number of carbonyl (C=O) groups is 1. The van der Waals surface area contributed by atoms with Crippen LogP contribution in [0.15, 0.2) is 36.0 Å². The van der Waals surface area contributed by atoms with Crippen LogP contribution in [0.25, 0.3) is 17.2 Å². The second-order valence-corrected chi connectivity index (χ2v) is 9.36. The van der Waals surface area contributed by atoms with Crippen molar-refractivity contribution >= 4 is 23.1 Å². The highest BCUT2D eigenvalue weighted by molar-refractivity contribution is 6.08. The molecule has 1 aromatic carbocycles. The monoisotopic (exact) mass is 494 g/mol. The number of ether oxygens (including phenoxy) is 3. The number of pyridine rings is 1. The predicted molar refractivity (Wildman–Crippen MR) is 139 cm³/mol. The molecule has 8 heteroatoms. The molecule has 0 saturated carbocycles. The minimum atomic E-state index is 0.159. The van der Waals surface area contributed by atoms with Gasteiger partial charge in [-0.2, -0.15) is 0 Å². The molecule has 1 aliphatic carbocycles. The molecule has 0 N–H and O–H groups in total. The largest absolute Gasteiger partial charge is 0.497 e. The lowest BCUT2D eigenvalue weighted by Gasteiger charge is -2.21. The normalized spacial score (nSPS) is 18.2. The van der Waals surface area contributed by atoms with Gasteiger partial charge in [0.05, 0.1) is 32.5 Å². The lowest BCUT2D eigenvalue weighted by molar-refractivity contribution is -0.887. The number of carbonyl (C=O) groups excluding carboxylic acids is 1. The maximum atomic E-state index is 13.4. The van der Waals surface area contributed by atoms with E-state index >= 15 is 0 Å². The first-order valence-electron chi connectivity index (χ1n) is 12.1. The number of benzene rings is 1. The zero-order chi connectivity index (χ0) is 26.0. The van der Waals surface area contributed by atoms with E-state index in [9.17, 15) is 4.79 Å². The highest BCUT2D eigenvalue weighted by Gasteiger charge is 2.31. The second-order valence-electron chi connectivity index (χ2n) is 9.36. The van der Waals surface area contributed by atoms with Gasteiger partial charge in [0.1, 0.15) is 12.9 Å². The summed E-state index contributed by atoms with van der Waals surface area (Å²) < 4.78 is 18.0. The standard InChI is InChI=1S/C28H36N3O5/c1-18-23(12-19-13-26(34-5)28(35-6)31(16-19)36-7)22-9-8-21(33-4)14-25(22)24(18)15-27(32)30-11-10-20(17-30)29(2)3/h8-9,12-14,16,20H,10-11,15,17H2,1-7H3/q+1/b23-12-/t20-/m0/s1. The van der Waals surface area contributed by atoms with Crippen molar-refractivity contribution < 1.29 is 28.6 Å². The Morgan fingerprint density at radius 2 is 1.89 bits per heavy atom. The minimum Gasteiger partial charge on any atom is -0.497 e. The Morgan fingerprint density at radius 1 is 1.11 bits per heavy atom. The molecule has 36 heavy (non-hydrogen) atoms. The molecule has 2 aromatic rings. The third kappa shape index (κ3) is 4.78. The fraction of sp³-hybridized carbons (Fsp3) is 0.429. The number of methoxy groups -OCH3 is 3. The summed E-state index contributed by atoms with van der Waals surface area (Å²) in [7, 11) is 10.5. The van der Waals surface area contributed by atoms with E-state index in [0.717, 1.165) is 58.7 Å². The Kier molecular flexibility index (Phi) is 7.54. The van der Waals surface area contributed by atoms with Crippen LogP contribution in [-0.4, -0.2) is 77.4 Å². The van der Waals surface area contributed by atoms with Gasteiger partial charge in [-0.1, -0.05) is 6.07 Å². The number of likely N-dealkylation sites (tertiary alicyclic amines) is 1. The van der Waals surface area contributed by atoms with Crippen molar-refractivity contribution in [2.75, 3.05) is 55.6 Å². The van der Waals surface area contributed by atoms with Crippen LogP contribution in [0.4, 0.5) is 0 Å². The van der Waals surface area contributed by atoms with Gasteiger partial charge in [0.15, 0.2) is 0 Å². The number of hydrogen-bond acceptors (Lipinski definition) is 6. The summed E-state index contributed by atoms with van der Waals surface area (Å²) in [5.41, 5.74) is 6.16. The number of amides is 1. The second kappa shape index (κ2) is 10.6. The molecule has 0 bridgehead atoms. The van der Waals surface area contributed by atoms with Crippen LogP contribution >= 0.6 is 0 Å². The van der Waals surface area contributed by atoms with E-state index < -0.39 is 0 Å². The van der Waals surface area contributed by atoms with Gasteiger partial charge in [-0.3, -0.25) is 9.63 Å². The zero-order valence-corrected chi connectivity index (χ0v) is 22.3. The van der Waals surface area contributed by atoms with Crippen molar-refractivity contribution in [2.24, 2.45) is 0 Å². The topological polar surface area (TPSA) is 64.4 Å². The molecule has 4 rings (SSSR count). The van der Waals surface area contributed by atoms with Gasteiger partial charge in [-0.25, -0.2) is 0 Å². The lowest BCUT2D eigenvalue weighted by atomic mass is 10.0. The van der Waals surface area contributed by atoms with Gasteiger partial charge in [0.25, 0.3) is 0 Å². The molecule has 2 aliphatic rings. The van der Waals surface area contributed by atoms with Gasteiger partial charge < -0.3 is 24.0 Å². The smallest absolute Gasteiger partial charge is 0.459 e. The number of rotatable bonds is 8. The van der Waals surface area contributed by atoms with E-state index in [1.165, 1.54) is 4.73 Å². The molecular weight excluding hydrogens is 458 g/mol. The minimum absolute atomic E-state index is 0.159. The Bertz CT molecular complexity index is 1190. The SMILES string of the molecule is COc1ccc2c(c1)C(CC(=O)N1CC[C@H](N(C)C)C1)=C(C)/C2=C/c1cc(OC)c(OC)[n+](OC)c1. The Morgan fingerprint density at radius 3 is 2.50 bits per heavy atom. The van der Waals surface area contributed by atoms with Crippen LogP contribution in [0, 0.1) is 0 Å². The zero-order valence-electron chi connectivity index (χ0n) is 22.3. The van der Waals surface area contributed by atoms with Gasteiger partial charge in [-0.15, -0.1) is 0 Å². The van der Waals surface area contributed by atoms with Gasteiger partial charge in [-0.05, 0) is 73.5 Å². The maximum Gasteiger partial charge on any atom is 0.459 e. The molecule has 1 amide bonds. The number of aromatic nitrogens is 1. The van der Waals surface area contributed by atoms with E-state index in [1.54, 1.807) is 28.4 Å². The molecule has 1 atom stereocenters. The van der Waals surface area contributed by atoms with Crippen molar-refractivity contribution in [1.82, 2.24) is 9.80 Å². The third-order valence-electron chi connectivity index (χ3n) is 7.17. The molecule has 0 unspecified atom stereocenters. The summed E-state index contributed by atoms with van der Waals surface area (Å²) in [5, 5.41) is 0. The van der Waals surface area contributed by atoms with Crippen LogP contribution in [0.1, 0.15) is 36.5 Å².